The van der Waals surface area contributed by atoms with Crippen molar-refractivity contribution < 1.29 is 15.1 Å². The lowest BCUT2D eigenvalue weighted by atomic mass is 10.1. The smallest absolute Gasteiger partial charge is 0.143 e. The Hall–Kier alpha value is -1.75. The lowest BCUT2D eigenvalue weighted by Gasteiger charge is -2.06. The molecule has 4 N–H and O–H groups in total. The molecule has 0 aliphatic carbocycles. The lowest BCUT2D eigenvalue weighted by molar-refractivity contribution is 0.185. The fraction of sp³-hybridized carbons (Fsp3) is 0.300. The number of phenolic OH excluding ortho intramolecular Hbond substituents is 1. The topological polar surface area (TPSA) is 88.1 Å². The second-order valence-electron chi connectivity index (χ2n) is 3.16. The van der Waals surface area contributed by atoms with Crippen LogP contribution >= 0.6 is 0 Å². The number of phenols is 1. The highest BCUT2D eigenvalue weighted by atomic mass is 16.5. The van der Waals surface area contributed by atoms with Gasteiger partial charge in [0.25, 0.3) is 0 Å². The van der Waals surface area contributed by atoms with Gasteiger partial charge in [0, 0.05) is 19.1 Å². The summed E-state index contributed by atoms with van der Waals surface area (Å²) in [5.41, 5.74) is 6.89. The number of ether oxygens (including phenoxy) is 1. The summed E-state index contributed by atoms with van der Waals surface area (Å²) in [4.78, 5) is 0. The van der Waals surface area contributed by atoms with Gasteiger partial charge in [0.05, 0.1) is 6.61 Å². The van der Waals surface area contributed by atoms with Crippen LogP contribution in [0.5, 0.6) is 5.75 Å². The van der Waals surface area contributed by atoms with Crippen LogP contribution in [0.3, 0.4) is 0 Å². The monoisotopic (exact) mass is 210 g/mol. The molecule has 1 rings (SSSR count). The van der Waals surface area contributed by atoms with Crippen molar-refractivity contribution in [3.63, 3.8) is 0 Å². The van der Waals surface area contributed by atoms with E-state index in [0.717, 1.165) is 5.56 Å². The maximum atomic E-state index is 9.51. The summed E-state index contributed by atoms with van der Waals surface area (Å²) >= 11 is 0. The van der Waals surface area contributed by atoms with Gasteiger partial charge >= 0.3 is 0 Å². The van der Waals surface area contributed by atoms with Crippen LogP contribution < -0.4 is 5.73 Å². The van der Waals surface area contributed by atoms with E-state index in [1.807, 2.05) is 0 Å². The third kappa shape index (κ3) is 3.14. The summed E-state index contributed by atoms with van der Waals surface area (Å²) in [5.74, 6) is 0.182. The molecule has 0 aliphatic rings. The molecule has 1 aromatic carbocycles. The van der Waals surface area contributed by atoms with Gasteiger partial charge in [-0.05, 0) is 17.7 Å². The number of rotatable bonds is 4. The molecule has 0 bridgehead atoms. The zero-order valence-corrected chi connectivity index (χ0v) is 8.47. The average Bonchev–Trinajstić information content (AvgIpc) is 2.23. The molecule has 0 fully saturated rings. The second kappa shape index (κ2) is 5.21. The van der Waals surface area contributed by atoms with Gasteiger partial charge in [-0.2, -0.15) is 0 Å². The number of methoxy groups -OCH3 is 1. The Labute approximate surface area is 87.8 Å². The number of amidine groups is 1. The summed E-state index contributed by atoms with van der Waals surface area (Å²) < 4.78 is 4.96. The SMILES string of the molecule is COCc1ccc(O)c(C/C(N)=N/O)c1. The maximum absolute atomic E-state index is 9.51. The standard InChI is InChI=1S/C10H14N2O3/c1-15-6-7-2-3-9(13)8(4-7)5-10(11)12-14/h2-4,13-14H,5-6H2,1H3,(H2,11,12). The molecule has 0 aliphatic heterocycles. The molecule has 0 radical (unpaired) electrons. The highest BCUT2D eigenvalue weighted by molar-refractivity contribution is 5.82. The van der Waals surface area contributed by atoms with Crippen LogP contribution in [0.4, 0.5) is 0 Å². The zero-order valence-electron chi connectivity index (χ0n) is 8.47. The van der Waals surface area contributed by atoms with Crippen molar-refractivity contribution in [1.82, 2.24) is 0 Å². The quantitative estimate of drug-likeness (QED) is 0.297. The van der Waals surface area contributed by atoms with E-state index in [1.165, 1.54) is 0 Å². The minimum absolute atomic E-state index is 0.0554. The Morgan fingerprint density at radius 3 is 2.87 bits per heavy atom. The van der Waals surface area contributed by atoms with E-state index in [-0.39, 0.29) is 18.0 Å². The first-order chi connectivity index (χ1) is 7.17. The van der Waals surface area contributed by atoms with Gasteiger partial charge in [0.2, 0.25) is 0 Å². The van der Waals surface area contributed by atoms with E-state index in [0.29, 0.717) is 12.2 Å². The van der Waals surface area contributed by atoms with Crippen molar-refractivity contribution in [2.45, 2.75) is 13.0 Å². The fourth-order valence-electron chi connectivity index (χ4n) is 1.27. The van der Waals surface area contributed by atoms with Crippen LogP contribution in [-0.4, -0.2) is 23.3 Å². The van der Waals surface area contributed by atoms with Crippen molar-refractivity contribution in [2.24, 2.45) is 10.9 Å². The summed E-state index contributed by atoms with van der Waals surface area (Å²) in [7, 11) is 1.59. The molecular weight excluding hydrogens is 196 g/mol. The van der Waals surface area contributed by atoms with E-state index < -0.39 is 0 Å². The Balaban J connectivity index is 2.90. The number of hydrogen-bond donors (Lipinski definition) is 3. The molecule has 5 heteroatoms. The lowest BCUT2D eigenvalue weighted by Crippen LogP contribution is -2.14. The van der Waals surface area contributed by atoms with Crippen LogP contribution in [0.15, 0.2) is 23.4 Å². The van der Waals surface area contributed by atoms with Crippen LogP contribution in [0, 0.1) is 0 Å². The molecule has 0 heterocycles. The average molecular weight is 210 g/mol. The molecule has 5 nitrogen and oxygen atoms in total. The first-order valence-corrected chi connectivity index (χ1v) is 4.43. The van der Waals surface area contributed by atoms with E-state index in [1.54, 1.807) is 25.3 Å². The molecule has 0 unspecified atom stereocenters. The third-order valence-corrected chi connectivity index (χ3v) is 1.95. The number of benzene rings is 1. The molecule has 0 aromatic heterocycles. The predicted octanol–water partition coefficient (Wildman–Crippen LogP) is 0.828. The van der Waals surface area contributed by atoms with E-state index >= 15 is 0 Å². The molecule has 82 valence electrons. The Morgan fingerprint density at radius 2 is 2.27 bits per heavy atom. The minimum atomic E-state index is 0.0554. The maximum Gasteiger partial charge on any atom is 0.143 e. The van der Waals surface area contributed by atoms with E-state index in [4.69, 9.17) is 15.7 Å². The first-order valence-electron chi connectivity index (χ1n) is 4.43. The summed E-state index contributed by atoms with van der Waals surface area (Å²) in [5, 5.41) is 20.8. The van der Waals surface area contributed by atoms with Gasteiger partial charge in [-0.25, -0.2) is 0 Å². The van der Waals surface area contributed by atoms with Crippen molar-refractivity contribution in [3.05, 3.63) is 29.3 Å². The molecule has 0 saturated carbocycles. The molecule has 0 atom stereocenters. The van der Waals surface area contributed by atoms with E-state index in [2.05, 4.69) is 5.16 Å². The van der Waals surface area contributed by atoms with Gasteiger partial charge in [0.1, 0.15) is 11.6 Å². The first kappa shape index (κ1) is 11.3. The number of hydrogen-bond acceptors (Lipinski definition) is 4. The Bertz CT molecular complexity index is 364. The molecule has 1 aromatic rings. The number of aromatic hydroxyl groups is 1. The fourth-order valence-corrected chi connectivity index (χ4v) is 1.27. The normalized spacial score (nSPS) is 11.7. The molecular formula is C10H14N2O3. The zero-order chi connectivity index (χ0) is 11.3. The van der Waals surface area contributed by atoms with Crippen LogP contribution in [-0.2, 0) is 17.8 Å². The van der Waals surface area contributed by atoms with Crippen LogP contribution in [0.1, 0.15) is 11.1 Å². The summed E-state index contributed by atoms with van der Waals surface area (Å²) in [6.45, 7) is 0.462. The highest BCUT2D eigenvalue weighted by Gasteiger charge is 2.05. The second-order valence-corrected chi connectivity index (χ2v) is 3.16. The van der Waals surface area contributed by atoms with Gasteiger partial charge in [-0.3, -0.25) is 0 Å². The Morgan fingerprint density at radius 1 is 1.53 bits per heavy atom. The number of nitrogens with two attached hydrogens (primary N) is 1. The molecule has 0 saturated heterocycles. The van der Waals surface area contributed by atoms with Crippen LogP contribution in [0.2, 0.25) is 0 Å². The van der Waals surface area contributed by atoms with Crippen LogP contribution in [0.25, 0.3) is 0 Å². The predicted molar refractivity (Wildman–Crippen MR) is 55.9 cm³/mol. The van der Waals surface area contributed by atoms with Crippen molar-refractivity contribution in [2.75, 3.05) is 7.11 Å². The minimum Gasteiger partial charge on any atom is -0.508 e. The number of nitrogens with zero attached hydrogens (tertiary/aromatic N) is 1. The van der Waals surface area contributed by atoms with Crippen molar-refractivity contribution in [1.29, 1.82) is 0 Å². The van der Waals surface area contributed by atoms with E-state index in [9.17, 15) is 5.11 Å². The van der Waals surface area contributed by atoms with Crippen molar-refractivity contribution in [3.8, 4) is 5.75 Å². The van der Waals surface area contributed by atoms with Gasteiger partial charge in [0.15, 0.2) is 0 Å². The summed E-state index contributed by atoms with van der Waals surface area (Å²) in [6, 6.07) is 5.08. The van der Waals surface area contributed by atoms with Gasteiger partial charge < -0.3 is 20.8 Å². The molecule has 0 amide bonds. The van der Waals surface area contributed by atoms with Gasteiger partial charge in [-0.15, -0.1) is 0 Å². The summed E-state index contributed by atoms with van der Waals surface area (Å²) in [6.07, 6.45) is 0.208. The van der Waals surface area contributed by atoms with Gasteiger partial charge in [-0.1, -0.05) is 11.2 Å². The third-order valence-electron chi connectivity index (χ3n) is 1.95. The highest BCUT2D eigenvalue weighted by Crippen LogP contribution is 2.19. The largest absolute Gasteiger partial charge is 0.508 e. The molecule has 15 heavy (non-hydrogen) atoms. The Kier molecular flexibility index (Phi) is 3.93. The van der Waals surface area contributed by atoms with Crippen molar-refractivity contribution >= 4 is 5.84 Å². The number of oxime groups is 1. The molecule has 0 spiro atoms.